The van der Waals surface area contributed by atoms with E-state index in [-0.39, 0.29) is 37.4 Å². The number of carbonyl (C=O) groups is 2. The normalized spacial score (nSPS) is 21.3. The van der Waals surface area contributed by atoms with Crippen molar-refractivity contribution in [1.29, 1.82) is 5.26 Å². The maximum Gasteiger partial charge on any atom is 0.253 e. The number of nitrogen functional groups attached to an aromatic ring is 1. The molecule has 0 unspecified atom stereocenters. The number of ether oxygens (including phenoxy) is 1. The van der Waals surface area contributed by atoms with Crippen LogP contribution in [0.25, 0.3) is 22.0 Å². The maximum atomic E-state index is 14.3. The lowest BCUT2D eigenvalue weighted by Gasteiger charge is -2.30. The minimum Gasteiger partial charge on any atom is -0.475 e. The lowest BCUT2D eigenvalue weighted by molar-refractivity contribution is -0.142. The SMILES string of the molecule is Cc1ncsc1-c1ccc([C@H](CO)NC(=O)[C@@H]2C[C@@H](O)CN2C(=O)[C@H](C(C)C)n2cc(OCCCCN3CCCN(c4nccc(-c5noc([C@@]6(C)CCCc7sc(N)c(C#N)c76)n5)n4)[C@@H](C)C3)nn2)cc1. The largest absolute Gasteiger partial charge is 0.475 e. The van der Waals surface area contributed by atoms with Gasteiger partial charge >= 0.3 is 0 Å². The molecule has 0 saturated carbocycles. The van der Waals surface area contributed by atoms with Crippen LogP contribution in [0.2, 0.25) is 0 Å². The first-order valence-corrected chi connectivity index (χ1v) is 26.4. The summed E-state index contributed by atoms with van der Waals surface area (Å²) in [7, 11) is 0. The average molecular weight is 1020 g/mol. The number of nitrogens with two attached hydrogens (primary N) is 1. The number of hydrogen-bond acceptors (Lipinski definition) is 19. The molecule has 3 aliphatic rings. The number of fused-ring (bicyclic) bond motifs is 1. The zero-order chi connectivity index (χ0) is 50.7. The van der Waals surface area contributed by atoms with Gasteiger partial charge in [-0.2, -0.15) is 10.2 Å². The van der Waals surface area contributed by atoms with E-state index in [1.807, 2.05) is 52.0 Å². The van der Waals surface area contributed by atoms with Crippen molar-refractivity contribution < 1.29 is 29.1 Å². The summed E-state index contributed by atoms with van der Waals surface area (Å²) in [6.45, 7) is 13.4. The van der Waals surface area contributed by atoms with E-state index in [0.29, 0.717) is 52.0 Å². The van der Waals surface area contributed by atoms with Crippen LogP contribution in [0, 0.1) is 24.2 Å². The van der Waals surface area contributed by atoms with Crippen molar-refractivity contribution in [2.45, 2.75) is 115 Å². The van der Waals surface area contributed by atoms with Gasteiger partial charge in [0.05, 0.1) is 58.6 Å². The zero-order valence-electron chi connectivity index (χ0n) is 41.3. The van der Waals surface area contributed by atoms with Crippen molar-refractivity contribution in [3.8, 4) is 33.9 Å². The van der Waals surface area contributed by atoms with Crippen LogP contribution in [0.15, 0.2) is 52.8 Å². The van der Waals surface area contributed by atoms with Crippen LogP contribution in [0.5, 0.6) is 5.88 Å². The van der Waals surface area contributed by atoms with Crippen molar-refractivity contribution in [3.05, 3.63) is 81.4 Å². The lowest BCUT2D eigenvalue weighted by Crippen LogP contribution is -2.50. The van der Waals surface area contributed by atoms with Gasteiger partial charge in [0.15, 0.2) is 0 Å². The second kappa shape index (κ2) is 21.8. The van der Waals surface area contributed by atoms with Gasteiger partial charge in [0.25, 0.3) is 5.88 Å². The van der Waals surface area contributed by atoms with Crippen molar-refractivity contribution in [1.82, 2.24) is 55.2 Å². The van der Waals surface area contributed by atoms with Crippen molar-refractivity contribution in [2.24, 2.45) is 5.92 Å². The van der Waals surface area contributed by atoms with E-state index in [0.717, 1.165) is 91.3 Å². The fraction of sp³-hybridized carbons (Fsp3) is 0.520. The van der Waals surface area contributed by atoms with Gasteiger partial charge in [-0.05, 0) is 95.5 Å². The lowest BCUT2D eigenvalue weighted by atomic mass is 9.72. The predicted molar refractivity (Wildman–Crippen MR) is 271 cm³/mol. The molecule has 1 aromatic carbocycles. The fourth-order valence-corrected chi connectivity index (χ4v) is 12.4. The predicted octanol–water partition coefficient (Wildman–Crippen LogP) is 5.48. The Bertz CT molecular complexity index is 2890. The van der Waals surface area contributed by atoms with Gasteiger partial charge in [0.2, 0.25) is 29.5 Å². The van der Waals surface area contributed by atoms with Crippen LogP contribution in [0.1, 0.15) is 111 Å². The molecule has 1 aliphatic carbocycles. The summed E-state index contributed by atoms with van der Waals surface area (Å²) in [4.78, 5) is 55.0. The van der Waals surface area contributed by atoms with E-state index < -0.39 is 35.6 Å². The Morgan fingerprint density at radius 2 is 1.93 bits per heavy atom. The van der Waals surface area contributed by atoms with Crippen molar-refractivity contribution in [2.75, 3.05) is 56.6 Å². The minimum atomic E-state index is -0.943. The summed E-state index contributed by atoms with van der Waals surface area (Å²) in [5.41, 5.74) is 12.0. The minimum absolute atomic E-state index is 0.0112. The zero-order valence-corrected chi connectivity index (χ0v) is 42.9. The number of hydrogen-bond donors (Lipinski definition) is 4. The Balaban J connectivity index is 0.754. The van der Waals surface area contributed by atoms with E-state index >= 15 is 0 Å². The first kappa shape index (κ1) is 50.6. The van der Waals surface area contributed by atoms with Gasteiger partial charge < -0.3 is 45.2 Å². The van der Waals surface area contributed by atoms with Gasteiger partial charge in [-0.1, -0.05) is 53.6 Å². The molecule has 0 radical (unpaired) electrons. The number of unbranched alkanes of at least 4 members (excludes halogenated alkanes) is 1. The molecule has 72 heavy (non-hydrogen) atoms. The fourth-order valence-electron chi connectivity index (χ4n) is 10.4. The molecule has 9 rings (SSSR count). The molecule has 2 fully saturated rings. The number of aromatic nitrogens is 8. The molecule has 2 aliphatic heterocycles. The second-order valence-electron chi connectivity index (χ2n) is 19.6. The number of β-amino-alcohol motifs (C(OH)–C–C–N with tert-alkyl or cyclic N) is 1. The summed E-state index contributed by atoms with van der Waals surface area (Å²) in [6, 6.07) is 9.36. The maximum absolute atomic E-state index is 14.3. The highest BCUT2D eigenvalue weighted by Crippen LogP contribution is 2.48. The van der Waals surface area contributed by atoms with Gasteiger partial charge in [-0.3, -0.25) is 9.59 Å². The third-order valence-corrected chi connectivity index (χ3v) is 16.2. The molecular formula is C50H62N14O6S2. The molecule has 6 atom stereocenters. The Kier molecular flexibility index (Phi) is 15.3. The Hall–Kier alpha value is -6.38. The van der Waals surface area contributed by atoms with Crippen LogP contribution < -0.4 is 20.7 Å². The summed E-state index contributed by atoms with van der Waals surface area (Å²) < 4.78 is 13.4. The summed E-state index contributed by atoms with van der Waals surface area (Å²) in [6.07, 6.45) is 7.68. The molecule has 20 nitrogen and oxygen atoms in total. The van der Waals surface area contributed by atoms with Crippen molar-refractivity contribution >= 4 is 45.4 Å². The topological polar surface area (TPSA) is 264 Å². The molecule has 0 bridgehead atoms. The number of rotatable bonds is 17. The van der Waals surface area contributed by atoms with E-state index in [9.17, 15) is 25.1 Å². The van der Waals surface area contributed by atoms with E-state index in [2.05, 4.69) is 53.5 Å². The van der Waals surface area contributed by atoms with Gasteiger partial charge in [0.1, 0.15) is 28.8 Å². The number of anilines is 2. The number of amides is 2. The van der Waals surface area contributed by atoms with Crippen LogP contribution in [0.3, 0.4) is 0 Å². The molecule has 2 saturated heterocycles. The highest BCUT2D eigenvalue weighted by Gasteiger charge is 2.45. The molecule has 0 spiro atoms. The summed E-state index contributed by atoms with van der Waals surface area (Å²) in [5.74, 6) is 0.673. The molecule has 5 aromatic heterocycles. The molecule has 7 heterocycles. The van der Waals surface area contributed by atoms with Gasteiger partial charge in [-0.15, -0.1) is 22.7 Å². The first-order valence-electron chi connectivity index (χ1n) is 24.7. The standard InChI is InChI=1S/C50H62N14O6S2/c1-29(2)42(47(68)63-25-34(66)22-38(63)46(67)55-37(27-65)32-11-13-33(14-12-32)43-31(4)54-28-71-43)64-26-40(58-60-64)69-21-7-6-18-61-19-9-20-62(30(3)24-61)49-53-17-15-36(56-49)45-57-48(70-59-45)50(5)16-8-10-39-41(50)35(23-51)44(52)72-39/h11-15,17,26,28-30,34,37-38,42,65-66H,6-10,16,18-22,24-25,27,52H2,1-5H3,(H,55,67)/t30-,34+,37-,38-,42-,50-/m0/s1. The van der Waals surface area contributed by atoms with Crippen LogP contribution in [-0.4, -0.2) is 136 Å². The summed E-state index contributed by atoms with van der Waals surface area (Å²) in [5, 5.41) is 47.3. The van der Waals surface area contributed by atoms with Crippen LogP contribution in [-0.2, 0) is 21.4 Å². The number of nitriles is 1. The van der Waals surface area contributed by atoms with Gasteiger partial charge in [0, 0.05) is 48.7 Å². The van der Waals surface area contributed by atoms with Crippen LogP contribution in [0.4, 0.5) is 10.9 Å². The smallest absolute Gasteiger partial charge is 0.253 e. The number of aryl methyl sites for hydroxylation is 2. The Labute approximate surface area is 426 Å². The number of likely N-dealkylation sites (tertiary alicyclic amines) is 1. The number of carbonyl (C=O) groups excluding carboxylic acids is 2. The Morgan fingerprint density at radius 1 is 1.11 bits per heavy atom. The number of thiophene rings is 1. The summed E-state index contributed by atoms with van der Waals surface area (Å²) >= 11 is 3.02. The molecule has 2 amide bonds. The molecular weight excluding hydrogens is 957 g/mol. The third-order valence-electron chi connectivity index (χ3n) is 14.2. The van der Waals surface area contributed by atoms with Crippen molar-refractivity contribution in [3.63, 3.8) is 0 Å². The van der Waals surface area contributed by atoms with Crippen LogP contribution >= 0.6 is 22.7 Å². The van der Waals surface area contributed by atoms with Gasteiger partial charge in [-0.25, -0.2) is 19.6 Å². The number of thiazole rings is 1. The molecule has 5 N–H and O–H groups in total. The first-order chi connectivity index (χ1) is 34.8. The molecule has 6 aromatic rings. The van der Waals surface area contributed by atoms with E-state index in [1.54, 1.807) is 35.3 Å². The quantitative estimate of drug-likeness (QED) is 0.0825. The highest BCUT2D eigenvalue weighted by atomic mass is 32.1. The highest BCUT2D eigenvalue weighted by molar-refractivity contribution is 7.16. The van der Waals surface area contributed by atoms with E-state index in [4.69, 9.17) is 25.0 Å². The Morgan fingerprint density at radius 3 is 2.68 bits per heavy atom. The second-order valence-corrected chi connectivity index (χ2v) is 21.6. The number of nitrogens with zero attached hydrogens (tertiary/aromatic N) is 12. The average Bonchev–Trinajstić information content (AvgIpc) is 4.23. The number of benzene rings is 1. The van der Waals surface area contributed by atoms with E-state index in [1.165, 1.54) is 20.9 Å². The number of aliphatic hydroxyl groups excluding tert-OH is 2. The third kappa shape index (κ3) is 10.4. The number of nitrogens with one attached hydrogen (secondary N) is 1. The number of aliphatic hydroxyl groups is 2. The molecule has 380 valence electrons. The monoisotopic (exact) mass is 1020 g/mol. The molecule has 22 heteroatoms.